The molecule has 17 heavy (non-hydrogen) atoms. The van der Waals surface area contributed by atoms with Crippen LogP contribution in [-0.4, -0.2) is 66.0 Å². The van der Waals surface area contributed by atoms with Crippen LogP contribution in [0.5, 0.6) is 0 Å². The van der Waals surface area contributed by atoms with Crippen LogP contribution < -0.4 is 10.5 Å². The van der Waals surface area contributed by atoms with Crippen LogP contribution in [0.25, 0.3) is 0 Å². The molecule has 0 spiro atoms. The molecule has 0 saturated heterocycles. The first-order chi connectivity index (χ1) is 7.98. The number of nitrogens with two attached hydrogens (primary N) is 1. The highest BCUT2D eigenvalue weighted by molar-refractivity contribution is 7.89. The second-order valence-electron chi connectivity index (χ2n) is 4.12. The van der Waals surface area contributed by atoms with Crippen molar-refractivity contribution in [2.75, 3.05) is 52.7 Å². The van der Waals surface area contributed by atoms with Gasteiger partial charge in [0.05, 0.1) is 19.0 Å². The summed E-state index contributed by atoms with van der Waals surface area (Å²) in [7, 11) is 0.770. The minimum absolute atomic E-state index is 0.141. The van der Waals surface area contributed by atoms with Gasteiger partial charge in [-0.25, -0.2) is 13.1 Å². The van der Waals surface area contributed by atoms with E-state index >= 15 is 0 Å². The fourth-order valence-electron chi connectivity index (χ4n) is 1.13. The predicted molar refractivity (Wildman–Crippen MR) is 69.5 cm³/mol. The van der Waals surface area contributed by atoms with Crippen molar-refractivity contribution in [1.82, 2.24) is 9.62 Å². The number of hydrogen-bond acceptors (Lipinski definition) is 5. The third kappa shape index (κ3) is 12.0. The highest BCUT2D eigenvalue weighted by Gasteiger charge is 2.08. The predicted octanol–water partition coefficient (Wildman–Crippen LogP) is -0.777. The van der Waals surface area contributed by atoms with Gasteiger partial charge in [-0.1, -0.05) is 0 Å². The fourth-order valence-corrected chi connectivity index (χ4v) is 2.25. The zero-order valence-electron chi connectivity index (χ0n) is 10.8. The van der Waals surface area contributed by atoms with Gasteiger partial charge in [0, 0.05) is 13.1 Å². The summed E-state index contributed by atoms with van der Waals surface area (Å²) in [5.41, 5.74) is 5.30. The Labute approximate surface area is 105 Å². The summed E-state index contributed by atoms with van der Waals surface area (Å²) in [5.74, 6) is 0.141. The molecule has 0 amide bonds. The lowest BCUT2D eigenvalue weighted by Gasteiger charge is -2.10. The molecule has 0 aromatic heterocycles. The van der Waals surface area contributed by atoms with Crippen LogP contribution >= 0.6 is 0 Å². The van der Waals surface area contributed by atoms with Gasteiger partial charge in [0.2, 0.25) is 10.0 Å². The maximum absolute atomic E-state index is 11.4. The van der Waals surface area contributed by atoms with E-state index in [-0.39, 0.29) is 5.75 Å². The summed E-state index contributed by atoms with van der Waals surface area (Å²) in [5, 5.41) is 0. The van der Waals surface area contributed by atoms with Crippen molar-refractivity contribution >= 4 is 10.0 Å². The van der Waals surface area contributed by atoms with E-state index in [0.29, 0.717) is 32.7 Å². The van der Waals surface area contributed by atoms with E-state index in [1.165, 1.54) is 0 Å². The molecular formula is C10H25N3O3S. The van der Waals surface area contributed by atoms with Crippen molar-refractivity contribution < 1.29 is 13.2 Å². The molecule has 0 unspecified atom stereocenters. The highest BCUT2D eigenvalue weighted by Crippen LogP contribution is 1.92. The van der Waals surface area contributed by atoms with E-state index in [1.807, 2.05) is 19.0 Å². The molecule has 0 rings (SSSR count). The van der Waals surface area contributed by atoms with Crippen LogP contribution in [0.3, 0.4) is 0 Å². The minimum Gasteiger partial charge on any atom is -0.379 e. The van der Waals surface area contributed by atoms with E-state index < -0.39 is 10.0 Å². The van der Waals surface area contributed by atoms with Gasteiger partial charge in [-0.15, -0.1) is 0 Å². The van der Waals surface area contributed by atoms with Crippen LogP contribution in [0.15, 0.2) is 0 Å². The molecule has 0 saturated carbocycles. The summed E-state index contributed by atoms with van der Waals surface area (Å²) in [6.45, 7) is 2.72. The molecule has 0 heterocycles. The van der Waals surface area contributed by atoms with E-state index in [4.69, 9.17) is 10.5 Å². The minimum atomic E-state index is -3.15. The maximum atomic E-state index is 11.4. The van der Waals surface area contributed by atoms with E-state index in [2.05, 4.69) is 4.72 Å². The molecule has 0 bridgehead atoms. The zero-order chi connectivity index (χ0) is 13.1. The van der Waals surface area contributed by atoms with Crippen LogP contribution in [0.2, 0.25) is 0 Å². The number of likely N-dealkylation sites (N-methyl/N-ethyl adjacent to an activating group) is 1. The van der Waals surface area contributed by atoms with Crippen molar-refractivity contribution in [3.8, 4) is 0 Å². The molecule has 0 aliphatic rings. The average molecular weight is 267 g/mol. The molecule has 6 nitrogen and oxygen atoms in total. The molecule has 0 aliphatic carbocycles. The van der Waals surface area contributed by atoms with Gasteiger partial charge in [-0.05, 0) is 33.5 Å². The zero-order valence-corrected chi connectivity index (χ0v) is 11.6. The lowest BCUT2D eigenvalue weighted by Crippen LogP contribution is -2.30. The van der Waals surface area contributed by atoms with Crippen LogP contribution in [0.1, 0.15) is 12.8 Å². The molecule has 0 aromatic carbocycles. The number of sulfonamides is 1. The molecule has 7 heteroatoms. The van der Waals surface area contributed by atoms with E-state index in [0.717, 1.165) is 13.0 Å². The third-order valence-electron chi connectivity index (χ3n) is 2.12. The summed E-state index contributed by atoms with van der Waals surface area (Å²) in [6.07, 6.45) is 1.34. The van der Waals surface area contributed by atoms with Crippen LogP contribution in [0.4, 0.5) is 0 Å². The summed E-state index contributed by atoms with van der Waals surface area (Å²) >= 11 is 0. The second-order valence-corrected chi connectivity index (χ2v) is 6.05. The van der Waals surface area contributed by atoms with Crippen molar-refractivity contribution in [2.24, 2.45) is 5.73 Å². The van der Waals surface area contributed by atoms with Gasteiger partial charge >= 0.3 is 0 Å². The normalized spacial score (nSPS) is 12.2. The quantitative estimate of drug-likeness (QED) is 0.480. The standard InChI is InChI=1S/C10H25N3O3S/c1-13(2)7-9-16-8-6-12-17(14,15)10-4-3-5-11/h12H,3-11H2,1-2H3. The largest absolute Gasteiger partial charge is 0.379 e. The Hall–Kier alpha value is -0.210. The van der Waals surface area contributed by atoms with Gasteiger partial charge in [-0.3, -0.25) is 0 Å². The molecule has 0 atom stereocenters. The second kappa shape index (κ2) is 9.78. The topological polar surface area (TPSA) is 84.7 Å². The summed E-state index contributed by atoms with van der Waals surface area (Å²) < 4.78 is 30.6. The third-order valence-corrected chi connectivity index (χ3v) is 3.59. The van der Waals surface area contributed by atoms with Gasteiger partial charge in [0.15, 0.2) is 0 Å². The Morgan fingerprint density at radius 3 is 2.53 bits per heavy atom. The van der Waals surface area contributed by atoms with E-state index in [9.17, 15) is 8.42 Å². The number of ether oxygens (including phenoxy) is 1. The van der Waals surface area contributed by atoms with Crippen molar-refractivity contribution in [3.63, 3.8) is 0 Å². The van der Waals surface area contributed by atoms with Gasteiger partial charge < -0.3 is 15.4 Å². The Morgan fingerprint density at radius 2 is 1.94 bits per heavy atom. The first-order valence-electron chi connectivity index (χ1n) is 5.88. The smallest absolute Gasteiger partial charge is 0.211 e. The van der Waals surface area contributed by atoms with Gasteiger partial charge in [0.1, 0.15) is 0 Å². The number of nitrogens with zero attached hydrogens (tertiary/aromatic N) is 1. The lowest BCUT2D eigenvalue weighted by molar-refractivity contribution is 0.122. The van der Waals surface area contributed by atoms with Crippen molar-refractivity contribution in [3.05, 3.63) is 0 Å². The van der Waals surface area contributed by atoms with Crippen LogP contribution in [-0.2, 0) is 14.8 Å². The SMILES string of the molecule is CN(C)CCOCCNS(=O)(=O)CCCCN. The molecule has 3 N–H and O–H groups in total. The lowest BCUT2D eigenvalue weighted by atomic mass is 10.3. The Kier molecular flexibility index (Phi) is 9.66. The number of unbranched alkanes of at least 4 members (excludes halogenated alkanes) is 1. The van der Waals surface area contributed by atoms with Crippen LogP contribution in [0, 0.1) is 0 Å². The summed E-state index contributed by atoms with van der Waals surface area (Å²) in [6, 6.07) is 0. The maximum Gasteiger partial charge on any atom is 0.211 e. The molecule has 0 aliphatic heterocycles. The Morgan fingerprint density at radius 1 is 1.24 bits per heavy atom. The monoisotopic (exact) mass is 267 g/mol. The highest BCUT2D eigenvalue weighted by atomic mass is 32.2. The first kappa shape index (κ1) is 16.8. The van der Waals surface area contributed by atoms with Crippen molar-refractivity contribution in [2.45, 2.75) is 12.8 Å². The summed E-state index contributed by atoms with van der Waals surface area (Å²) in [4.78, 5) is 2.01. The Bertz CT molecular complexity index is 268. The molecular weight excluding hydrogens is 242 g/mol. The number of hydrogen-bond donors (Lipinski definition) is 2. The van der Waals surface area contributed by atoms with Crippen molar-refractivity contribution in [1.29, 1.82) is 0 Å². The number of rotatable bonds is 11. The van der Waals surface area contributed by atoms with Gasteiger partial charge in [-0.2, -0.15) is 0 Å². The average Bonchev–Trinajstić information content (AvgIpc) is 2.23. The number of nitrogens with one attached hydrogen (secondary N) is 1. The first-order valence-corrected chi connectivity index (χ1v) is 7.53. The molecule has 0 aromatic rings. The van der Waals surface area contributed by atoms with E-state index in [1.54, 1.807) is 0 Å². The van der Waals surface area contributed by atoms with Gasteiger partial charge in [0.25, 0.3) is 0 Å². The Balaban J connectivity index is 3.46. The molecule has 0 fully saturated rings. The molecule has 0 radical (unpaired) electrons. The molecule has 104 valence electrons. The fraction of sp³-hybridized carbons (Fsp3) is 1.00.